The molecule has 1 aromatic carbocycles. The Kier molecular flexibility index (Phi) is 3.77. The van der Waals surface area contributed by atoms with Gasteiger partial charge in [-0.25, -0.2) is 9.50 Å². The highest BCUT2D eigenvalue weighted by Gasteiger charge is 2.31. The minimum Gasteiger partial charge on any atom is -0.494 e. The van der Waals surface area contributed by atoms with Gasteiger partial charge in [-0.3, -0.25) is 4.79 Å². The van der Waals surface area contributed by atoms with E-state index in [2.05, 4.69) is 15.4 Å². The number of fused-ring (bicyclic) bond motifs is 2. The second kappa shape index (κ2) is 5.88. The highest BCUT2D eigenvalue weighted by molar-refractivity contribution is 6.29. The van der Waals surface area contributed by atoms with Gasteiger partial charge in [0.25, 0.3) is 5.91 Å². The molecule has 2 aromatic heterocycles. The van der Waals surface area contributed by atoms with Gasteiger partial charge in [0.05, 0.1) is 19.0 Å². The van der Waals surface area contributed by atoms with E-state index >= 15 is 0 Å². The number of hydrogen-bond acceptors (Lipinski definition) is 5. The highest BCUT2D eigenvalue weighted by atomic mass is 35.5. The third-order valence-corrected chi connectivity index (χ3v) is 4.42. The number of anilines is 1. The Morgan fingerprint density at radius 2 is 2.23 bits per heavy atom. The number of hydrogen-bond donors (Lipinski definition) is 1. The van der Waals surface area contributed by atoms with Gasteiger partial charge in [-0.1, -0.05) is 11.6 Å². The number of methoxy groups -OCH3 is 1. The van der Waals surface area contributed by atoms with Crippen molar-refractivity contribution in [2.45, 2.75) is 25.9 Å². The van der Waals surface area contributed by atoms with E-state index in [4.69, 9.17) is 21.1 Å². The summed E-state index contributed by atoms with van der Waals surface area (Å²) in [6.45, 7) is 4.04. The molecular weight excluding hydrogens is 356 g/mol. The Bertz CT molecular complexity index is 1030. The van der Waals surface area contributed by atoms with Crippen LogP contribution >= 0.6 is 11.6 Å². The first-order valence-corrected chi connectivity index (χ1v) is 8.45. The number of aromatic nitrogens is 3. The van der Waals surface area contributed by atoms with Crippen LogP contribution in [0.2, 0.25) is 5.15 Å². The molecule has 0 bridgehead atoms. The highest BCUT2D eigenvalue weighted by Crippen LogP contribution is 2.41. The fraction of sp³-hybridized carbons (Fsp3) is 0.278. The third-order valence-electron chi connectivity index (χ3n) is 4.21. The first-order valence-electron chi connectivity index (χ1n) is 8.07. The first-order chi connectivity index (χ1) is 12.4. The number of carbonyl (C=O) groups excluding carboxylic acids is 1. The fourth-order valence-corrected chi connectivity index (χ4v) is 3.23. The van der Waals surface area contributed by atoms with Crippen molar-refractivity contribution < 1.29 is 14.3 Å². The van der Waals surface area contributed by atoms with Gasteiger partial charge in [-0.05, 0) is 26.0 Å². The number of amides is 1. The van der Waals surface area contributed by atoms with Crippen LogP contribution in [-0.2, 0) is 6.42 Å². The van der Waals surface area contributed by atoms with Crippen LogP contribution in [0.4, 0.5) is 5.69 Å². The molecule has 0 atom stereocenters. The predicted octanol–water partition coefficient (Wildman–Crippen LogP) is 3.36. The number of rotatable bonds is 3. The van der Waals surface area contributed by atoms with Gasteiger partial charge in [0, 0.05) is 24.2 Å². The van der Waals surface area contributed by atoms with Crippen molar-refractivity contribution in [3.05, 3.63) is 46.9 Å². The Morgan fingerprint density at radius 1 is 1.42 bits per heavy atom. The van der Waals surface area contributed by atoms with Gasteiger partial charge >= 0.3 is 0 Å². The minimum atomic E-state index is -0.341. The summed E-state index contributed by atoms with van der Waals surface area (Å²) >= 11 is 5.93. The predicted molar refractivity (Wildman–Crippen MR) is 97.4 cm³/mol. The molecule has 0 saturated carbocycles. The zero-order valence-corrected chi connectivity index (χ0v) is 15.3. The first kappa shape index (κ1) is 16.7. The van der Waals surface area contributed by atoms with Crippen LogP contribution in [0.15, 0.2) is 30.6 Å². The van der Waals surface area contributed by atoms with E-state index < -0.39 is 0 Å². The molecule has 1 aliphatic heterocycles. The van der Waals surface area contributed by atoms with E-state index in [-0.39, 0.29) is 11.5 Å². The quantitative estimate of drug-likeness (QED) is 0.713. The summed E-state index contributed by atoms with van der Waals surface area (Å²) in [5.74, 6) is 0.956. The summed E-state index contributed by atoms with van der Waals surface area (Å²) in [7, 11) is 1.55. The minimum absolute atomic E-state index is 0.279. The van der Waals surface area contributed by atoms with E-state index in [0.717, 1.165) is 17.7 Å². The monoisotopic (exact) mass is 372 g/mol. The molecule has 1 aliphatic rings. The maximum atomic E-state index is 12.8. The van der Waals surface area contributed by atoms with Crippen molar-refractivity contribution in [2.75, 3.05) is 12.4 Å². The SMILES string of the molecule is COc1cc2c(cc1NC(=O)c1cnn3ccc(Cl)nc13)CC(C)(C)O2. The Morgan fingerprint density at radius 3 is 3.00 bits per heavy atom. The van der Waals surface area contributed by atoms with E-state index in [1.54, 1.807) is 25.4 Å². The summed E-state index contributed by atoms with van der Waals surface area (Å²) < 4.78 is 12.8. The summed E-state index contributed by atoms with van der Waals surface area (Å²) in [4.78, 5) is 16.9. The summed E-state index contributed by atoms with van der Waals surface area (Å²) in [6, 6.07) is 5.28. The Hall–Kier alpha value is -2.80. The van der Waals surface area contributed by atoms with Gasteiger partial charge < -0.3 is 14.8 Å². The largest absolute Gasteiger partial charge is 0.494 e. The molecule has 1 amide bonds. The lowest BCUT2D eigenvalue weighted by atomic mass is 10.0. The zero-order valence-electron chi connectivity index (χ0n) is 14.5. The second-order valence-corrected chi connectivity index (χ2v) is 7.12. The number of nitrogens with one attached hydrogen (secondary N) is 1. The van der Waals surface area contributed by atoms with Crippen LogP contribution in [0.1, 0.15) is 29.8 Å². The topological polar surface area (TPSA) is 77.8 Å². The number of nitrogens with zero attached hydrogens (tertiary/aromatic N) is 3. The molecule has 0 saturated heterocycles. The van der Waals surface area contributed by atoms with Gasteiger partial charge in [0.2, 0.25) is 0 Å². The fourth-order valence-electron chi connectivity index (χ4n) is 3.09. The Labute approximate surface area is 154 Å². The maximum Gasteiger partial charge on any atom is 0.261 e. The average Bonchev–Trinajstić information content (AvgIpc) is 3.12. The van der Waals surface area contributed by atoms with Gasteiger partial charge in [0.1, 0.15) is 27.8 Å². The number of ether oxygens (including phenoxy) is 2. The van der Waals surface area contributed by atoms with Crippen LogP contribution in [0, 0.1) is 0 Å². The van der Waals surface area contributed by atoms with Crippen LogP contribution in [0.5, 0.6) is 11.5 Å². The van der Waals surface area contributed by atoms with Gasteiger partial charge in [0.15, 0.2) is 5.65 Å². The summed E-state index contributed by atoms with van der Waals surface area (Å²) in [5, 5.41) is 7.30. The lowest BCUT2D eigenvalue weighted by molar-refractivity contribution is 0.102. The molecule has 8 heteroatoms. The maximum absolute atomic E-state index is 12.8. The van der Waals surface area contributed by atoms with Crippen molar-refractivity contribution in [3.8, 4) is 11.5 Å². The van der Waals surface area contributed by atoms with E-state index in [1.165, 1.54) is 10.7 Å². The molecular formula is C18H17ClN4O3. The molecule has 1 N–H and O–H groups in total. The third kappa shape index (κ3) is 2.84. The van der Waals surface area contributed by atoms with E-state index in [1.807, 2.05) is 19.9 Å². The number of halogens is 1. The molecule has 0 radical (unpaired) electrons. The number of carbonyl (C=O) groups is 1. The summed E-state index contributed by atoms with van der Waals surface area (Å²) in [5.41, 5.74) is 2.02. The van der Waals surface area contributed by atoms with Crippen molar-refractivity contribution in [3.63, 3.8) is 0 Å². The lowest BCUT2D eigenvalue weighted by Crippen LogP contribution is -2.24. The molecule has 0 spiro atoms. The molecule has 0 aliphatic carbocycles. The molecule has 3 heterocycles. The molecule has 0 unspecified atom stereocenters. The summed E-state index contributed by atoms with van der Waals surface area (Å²) in [6.07, 6.45) is 3.86. The molecule has 26 heavy (non-hydrogen) atoms. The zero-order chi connectivity index (χ0) is 18.5. The van der Waals surface area contributed by atoms with Gasteiger partial charge in [-0.15, -0.1) is 0 Å². The van der Waals surface area contributed by atoms with Crippen molar-refractivity contribution in [2.24, 2.45) is 0 Å². The van der Waals surface area contributed by atoms with Crippen molar-refractivity contribution >= 4 is 28.8 Å². The van der Waals surface area contributed by atoms with Crippen LogP contribution in [0.3, 0.4) is 0 Å². The smallest absolute Gasteiger partial charge is 0.261 e. The second-order valence-electron chi connectivity index (χ2n) is 6.73. The van der Waals surface area contributed by atoms with E-state index in [0.29, 0.717) is 27.8 Å². The molecule has 134 valence electrons. The van der Waals surface area contributed by atoms with Gasteiger partial charge in [-0.2, -0.15) is 5.10 Å². The normalized spacial score (nSPS) is 14.8. The van der Waals surface area contributed by atoms with E-state index in [9.17, 15) is 4.79 Å². The van der Waals surface area contributed by atoms with Crippen LogP contribution in [-0.4, -0.2) is 33.2 Å². The molecule has 4 rings (SSSR count). The Balaban J connectivity index is 1.68. The molecule has 3 aromatic rings. The van der Waals surface area contributed by atoms with Crippen molar-refractivity contribution in [1.82, 2.24) is 14.6 Å². The number of benzene rings is 1. The van der Waals surface area contributed by atoms with Crippen molar-refractivity contribution in [1.29, 1.82) is 0 Å². The molecule has 7 nitrogen and oxygen atoms in total. The standard InChI is InChI=1S/C18H17ClN4O3/c1-18(2)8-10-6-12(14(25-3)7-13(10)26-18)21-17(24)11-9-20-23-5-4-15(19)22-16(11)23/h4-7,9H,8H2,1-3H3,(H,21,24). The molecule has 0 fully saturated rings. The lowest BCUT2D eigenvalue weighted by Gasteiger charge is -2.17. The average molecular weight is 373 g/mol. The van der Waals surface area contributed by atoms with Crippen LogP contribution in [0.25, 0.3) is 5.65 Å². The van der Waals surface area contributed by atoms with Crippen LogP contribution < -0.4 is 14.8 Å².